The third-order valence-corrected chi connectivity index (χ3v) is 5.30. The van der Waals surface area contributed by atoms with Crippen molar-refractivity contribution in [3.05, 3.63) is 29.7 Å². The van der Waals surface area contributed by atoms with Crippen molar-refractivity contribution >= 4 is 44.0 Å². The molecule has 2 aromatic rings. The van der Waals surface area contributed by atoms with Crippen LogP contribution < -0.4 is 0 Å². The number of nitrogens with zero attached hydrogens (tertiary/aromatic N) is 1. The number of rotatable bonds is 5. The highest BCUT2D eigenvalue weighted by Crippen LogP contribution is 2.36. The van der Waals surface area contributed by atoms with Crippen molar-refractivity contribution in [2.45, 2.75) is 35.9 Å². The third-order valence-electron chi connectivity index (χ3n) is 3.53. The summed E-state index contributed by atoms with van der Waals surface area (Å²) >= 11 is 2.27. The number of halogens is 2. The van der Waals surface area contributed by atoms with Gasteiger partial charge in [0.1, 0.15) is 5.82 Å². The van der Waals surface area contributed by atoms with Crippen LogP contribution in [0.15, 0.2) is 22.7 Å². The molecule has 0 aliphatic carbocycles. The number of benzene rings is 1. The Kier molecular flexibility index (Phi) is 4.40. The van der Waals surface area contributed by atoms with Crippen molar-refractivity contribution in [2.75, 3.05) is 0 Å². The molecule has 1 aliphatic heterocycles. The summed E-state index contributed by atoms with van der Waals surface area (Å²) < 4.78 is 49.5. The second kappa shape index (κ2) is 6.02. The average Bonchev–Trinajstić information content (AvgIpc) is 2.79. The van der Waals surface area contributed by atoms with Gasteiger partial charge < -0.3 is 4.52 Å². The van der Waals surface area contributed by atoms with Crippen LogP contribution in [0.5, 0.6) is 0 Å². The molecule has 1 saturated heterocycles. The molecule has 1 aromatic carbocycles. The summed E-state index contributed by atoms with van der Waals surface area (Å²) in [7, 11) is -3.77. The van der Waals surface area contributed by atoms with Gasteiger partial charge in [0.15, 0.2) is 11.9 Å². The predicted octanol–water partition coefficient (Wildman–Crippen LogP) is 3.27. The van der Waals surface area contributed by atoms with Gasteiger partial charge >= 0.3 is 10.4 Å². The zero-order valence-corrected chi connectivity index (χ0v) is 14.5. The Labute approximate surface area is 140 Å². The lowest BCUT2D eigenvalue weighted by molar-refractivity contribution is -0.0848. The van der Waals surface area contributed by atoms with Gasteiger partial charge in [-0.15, -0.1) is 0 Å². The first kappa shape index (κ1) is 16.1. The van der Waals surface area contributed by atoms with Gasteiger partial charge in [-0.2, -0.15) is 8.42 Å². The van der Waals surface area contributed by atoms with Gasteiger partial charge in [-0.3, -0.25) is 0 Å². The van der Waals surface area contributed by atoms with Crippen LogP contribution in [-0.4, -0.2) is 23.8 Å². The molecule has 22 heavy (non-hydrogen) atoms. The molecule has 0 amide bonds. The summed E-state index contributed by atoms with van der Waals surface area (Å²) in [6.07, 6.45) is 0.300. The molecule has 0 N–H and O–H groups in total. The summed E-state index contributed by atoms with van der Waals surface area (Å²) in [5.41, 5.74) is 1.13. The van der Waals surface area contributed by atoms with Gasteiger partial charge in [0, 0.05) is 27.7 Å². The molecule has 2 unspecified atom stereocenters. The molecular formula is C13H13FINO5S. The van der Waals surface area contributed by atoms with E-state index >= 15 is 0 Å². The van der Waals surface area contributed by atoms with Gasteiger partial charge in [0.2, 0.25) is 0 Å². The van der Waals surface area contributed by atoms with E-state index in [0.29, 0.717) is 18.4 Å². The first-order chi connectivity index (χ1) is 10.4. The molecule has 6 nitrogen and oxygen atoms in total. The van der Waals surface area contributed by atoms with Crippen LogP contribution >= 0.6 is 22.6 Å². The monoisotopic (exact) mass is 441 g/mol. The number of aromatic nitrogens is 1. The van der Waals surface area contributed by atoms with Crippen molar-refractivity contribution in [3.8, 4) is 0 Å². The Morgan fingerprint density at radius 3 is 2.77 bits per heavy atom. The highest BCUT2D eigenvalue weighted by atomic mass is 127. The lowest BCUT2D eigenvalue weighted by atomic mass is 9.94. The molecule has 1 fully saturated rings. The third kappa shape index (κ3) is 3.26. The van der Waals surface area contributed by atoms with Gasteiger partial charge in [-0.1, -0.05) is 34.7 Å². The minimum atomic E-state index is -3.77. The van der Waals surface area contributed by atoms with E-state index in [9.17, 15) is 12.8 Å². The fourth-order valence-electron chi connectivity index (χ4n) is 2.46. The first-order valence-corrected chi connectivity index (χ1v) is 9.24. The Bertz CT molecular complexity index is 779. The van der Waals surface area contributed by atoms with Crippen molar-refractivity contribution < 1.29 is 25.7 Å². The molecule has 0 radical (unpaired) electrons. The minimum Gasteiger partial charge on any atom is -0.356 e. The number of hydrogen-bond donors (Lipinski definition) is 0. The smallest absolute Gasteiger partial charge is 0.356 e. The van der Waals surface area contributed by atoms with E-state index in [-0.39, 0.29) is 15.7 Å². The SMILES string of the molecule is CC(I)C(CCC1OS(=O)(=O)O1)c1noc2cc(F)ccc12. The quantitative estimate of drug-likeness (QED) is 0.524. The zero-order valence-electron chi connectivity index (χ0n) is 11.5. The van der Waals surface area contributed by atoms with E-state index in [1.807, 2.05) is 6.92 Å². The minimum absolute atomic E-state index is 0.0165. The summed E-state index contributed by atoms with van der Waals surface area (Å²) in [5, 5.41) is 4.82. The Morgan fingerprint density at radius 2 is 2.14 bits per heavy atom. The van der Waals surface area contributed by atoms with Gasteiger partial charge in [-0.25, -0.2) is 12.8 Å². The van der Waals surface area contributed by atoms with E-state index < -0.39 is 16.7 Å². The highest BCUT2D eigenvalue weighted by Gasteiger charge is 2.37. The first-order valence-electron chi connectivity index (χ1n) is 6.66. The van der Waals surface area contributed by atoms with Gasteiger partial charge in [-0.05, 0) is 18.6 Å². The maximum absolute atomic E-state index is 13.2. The van der Waals surface area contributed by atoms with E-state index in [1.165, 1.54) is 12.1 Å². The van der Waals surface area contributed by atoms with Crippen molar-refractivity contribution in [2.24, 2.45) is 0 Å². The number of alkyl halides is 1. The van der Waals surface area contributed by atoms with E-state index in [4.69, 9.17) is 4.52 Å². The van der Waals surface area contributed by atoms with Crippen LogP contribution in [0.4, 0.5) is 4.39 Å². The molecule has 120 valence electrons. The molecule has 1 aromatic heterocycles. The molecule has 2 heterocycles. The lowest BCUT2D eigenvalue weighted by Crippen LogP contribution is -2.36. The zero-order chi connectivity index (χ0) is 15.9. The molecule has 9 heteroatoms. The van der Waals surface area contributed by atoms with E-state index in [2.05, 4.69) is 36.1 Å². The highest BCUT2D eigenvalue weighted by molar-refractivity contribution is 14.1. The van der Waals surface area contributed by atoms with Crippen LogP contribution in [0.3, 0.4) is 0 Å². The summed E-state index contributed by atoms with van der Waals surface area (Å²) in [5.74, 6) is -0.362. The molecular weight excluding hydrogens is 428 g/mol. The molecule has 3 rings (SSSR count). The Hall–Kier alpha value is -0.780. The van der Waals surface area contributed by atoms with Crippen LogP contribution in [0, 0.1) is 5.82 Å². The predicted molar refractivity (Wildman–Crippen MR) is 84.3 cm³/mol. The lowest BCUT2D eigenvalue weighted by Gasteiger charge is -2.26. The maximum atomic E-state index is 13.2. The van der Waals surface area contributed by atoms with Gasteiger partial charge in [0.25, 0.3) is 0 Å². The molecule has 0 saturated carbocycles. The summed E-state index contributed by atoms with van der Waals surface area (Å²) in [6.45, 7) is 2.02. The molecule has 1 aliphatic rings. The molecule has 0 spiro atoms. The Balaban J connectivity index is 1.78. The number of hydrogen-bond acceptors (Lipinski definition) is 6. The van der Waals surface area contributed by atoms with Crippen LogP contribution in [0.1, 0.15) is 31.4 Å². The van der Waals surface area contributed by atoms with Gasteiger partial charge in [0.05, 0.1) is 5.69 Å². The maximum Gasteiger partial charge on any atom is 0.404 e. The second-order valence-electron chi connectivity index (χ2n) is 5.10. The van der Waals surface area contributed by atoms with E-state index in [0.717, 1.165) is 11.1 Å². The fraction of sp³-hybridized carbons (Fsp3) is 0.462. The number of fused-ring (bicyclic) bond motifs is 1. The largest absolute Gasteiger partial charge is 0.404 e. The molecule has 0 bridgehead atoms. The fourth-order valence-corrected chi connectivity index (χ4v) is 3.90. The molecule has 2 atom stereocenters. The normalized spacial score (nSPS) is 20.7. The van der Waals surface area contributed by atoms with Crippen molar-refractivity contribution in [3.63, 3.8) is 0 Å². The van der Waals surface area contributed by atoms with Crippen molar-refractivity contribution in [1.82, 2.24) is 5.16 Å². The van der Waals surface area contributed by atoms with Crippen molar-refractivity contribution in [1.29, 1.82) is 0 Å². The topological polar surface area (TPSA) is 78.6 Å². The van der Waals surface area contributed by atoms with Crippen LogP contribution in [0.25, 0.3) is 11.0 Å². The summed E-state index contributed by atoms with van der Waals surface area (Å²) in [4.78, 5) is 0. The second-order valence-corrected chi connectivity index (χ2v) is 8.27. The van der Waals surface area contributed by atoms with E-state index in [1.54, 1.807) is 6.07 Å². The van der Waals surface area contributed by atoms with Crippen LogP contribution in [0.2, 0.25) is 0 Å². The summed E-state index contributed by atoms with van der Waals surface area (Å²) in [6, 6.07) is 4.30. The van der Waals surface area contributed by atoms with Crippen LogP contribution in [-0.2, 0) is 18.8 Å². The standard InChI is InChI=1S/C13H13FINO5S/c1-7(15)9(4-5-12-20-22(17,18)21-12)13-10-3-2-8(14)6-11(10)19-16-13/h2-3,6-7,9,12H,4-5H2,1H3. The Morgan fingerprint density at radius 1 is 1.41 bits per heavy atom. The average molecular weight is 441 g/mol.